The molecule has 2 rings (SSSR count). The van der Waals surface area contributed by atoms with Crippen molar-refractivity contribution in [3.8, 4) is 0 Å². The first kappa shape index (κ1) is 24.0. The molecule has 1 aliphatic rings. The van der Waals surface area contributed by atoms with Crippen LogP contribution >= 0.6 is 24.0 Å². The highest BCUT2D eigenvalue weighted by Gasteiger charge is 2.24. The van der Waals surface area contributed by atoms with E-state index in [1.165, 1.54) is 0 Å². The summed E-state index contributed by atoms with van der Waals surface area (Å²) >= 11 is 0. The van der Waals surface area contributed by atoms with Gasteiger partial charge >= 0.3 is 6.09 Å². The molecule has 0 radical (unpaired) electrons. The van der Waals surface area contributed by atoms with Gasteiger partial charge in [-0.25, -0.2) is 9.79 Å². The predicted octanol–water partition coefficient (Wildman–Crippen LogP) is 1.61. The maximum atomic E-state index is 11.9. The van der Waals surface area contributed by atoms with Crippen LogP contribution < -0.4 is 5.32 Å². The molecule has 1 aromatic carbocycles. The number of carbonyl (C=O) groups is 2. The molecule has 1 aliphatic heterocycles. The van der Waals surface area contributed by atoms with E-state index in [2.05, 4.69) is 15.2 Å². The minimum Gasteiger partial charge on any atom is -0.450 e. The lowest BCUT2D eigenvalue weighted by Gasteiger charge is -2.36. The van der Waals surface area contributed by atoms with Gasteiger partial charge in [-0.2, -0.15) is 0 Å². The molecule has 9 heteroatoms. The number of carbonyl (C=O) groups excluding carboxylic acids is 2. The molecule has 156 valence electrons. The van der Waals surface area contributed by atoms with Gasteiger partial charge in [0.1, 0.15) is 0 Å². The summed E-state index contributed by atoms with van der Waals surface area (Å²) in [5, 5.41) is 3.16. The summed E-state index contributed by atoms with van der Waals surface area (Å²) in [6.07, 6.45) is -0.282. The van der Waals surface area contributed by atoms with Gasteiger partial charge in [-0.05, 0) is 12.5 Å². The maximum absolute atomic E-state index is 11.9. The summed E-state index contributed by atoms with van der Waals surface area (Å²) in [6, 6.07) is 9.96. The van der Waals surface area contributed by atoms with E-state index in [0.29, 0.717) is 45.3 Å². The van der Waals surface area contributed by atoms with E-state index in [9.17, 15) is 9.59 Å². The number of halogens is 1. The van der Waals surface area contributed by atoms with Crippen LogP contribution in [0.4, 0.5) is 4.79 Å². The lowest BCUT2D eigenvalue weighted by molar-refractivity contribution is -0.127. The number of likely N-dealkylation sites (N-methyl/N-ethyl adjacent to an activating group) is 1. The number of aliphatic imine (C=N–C) groups is 1. The highest BCUT2D eigenvalue weighted by atomic mass is 127. The molecule has 0 aliphatic carbocycles. The molecule has 0 aromatic heterocycles. The van der Waals surface area contributed by atoms with Crippen molar-refractivity contribution < 1.29 is 14.3 Å². The lowest BCUT2D eigenvalue weighted by Crippen LogP contribution is -2.54. The fourth-order valence-electron chi connectivity index (χ4n) is 2.65. The minimum atomic E-state index is -0.282. The van der Waals surface area contributed by atoms with Crippen molar-refractivity contribution in [3.05, 3.63) is 35.9 Å². The highest BCUT2D eigenvalue weighted by molar-refractivity contribution is 14.0. The van der Waals surface area contributed by atoms with E-state index in [-0.39, 0.29) is 42.5 Å². The number of benzene rings is 1. The fraction of sp³-hybridized carbons (Fsp3) is 0.526. The standard InChI is InChI=1S/C19H29N5O3.HI/c1-4-27-19(26)24-12-10-23(11-13-24)18(21-15-17(25)22(2)3)20-14-16-8-6-5-7-9-16;/h5-9H,4,10-15H2,1-3H3,(H,20,21);1H. The summed E-state index contributed by atoms with van der Waals surface area (Å²) in [4.78, 5) is 33.8. The Morgan fingerprint density at radius 3 is 2.29 bits per heavy atom. The second kappa shape index (κ2) is 12.4. The van der Waals surface area contributed by atoms with Crippen molar-refractivity contribution in [2.45, 2.75) is 13.5 Å². The van der Waals surface area contributed by atoms with Gasteiger partial charge in [-0.3, -0.25) is 4.79 Å². The molecule has 28 heavy (non-hydrogen) atoms. The average Bonchev–Trinajstić information content (AvgIpc) is 2.69. The summed E-state index contributed by atoms with van der Waals surface area (Å²) in [7, 11) is 3.45. The van der Waals surface area contributed by atoms with E-state index in [1.54, 1.807) is 30.8 Å². The zero-order valence-electron chi connectivity index (χ0n) is 16.8. The normalized spacial score (nSPS) is 14.2. The summed E-state index contributed by atoms with van der Waals surface area (Å²) < 4.78 is 5.06. The molecule has 1 fully saturated rings. The van der Waals surface area contributed by atoms with Gasteiger partial charge in [0, 0.05) is 40.3 Å². The Kier molecular flexibility index (Phi) is 10.6. The molecule has 8 nitrogen and oxygen atoms in total. The van der Waals surface area contributed by atoms with Crippen molar-refractivity contribution in [2.24, 2.45) is 4.99 Å². The van der Waals surface area contributed by atoms with Gasteiger partial charge < -0.3 is 24.8 Å². The average molecular weight is 503 g/mol. The lowest BCUT2D eigenvalue weighted by atomic mass is 10.2. The van der Waals surface area contributed by atoms with Crippen LogP contribution in [0.2, 0.25) is 0 Å². The van der Waals surface area contributed by atoms with Crippen LogP contribution in [0.1, 0.15) is 12.5 Å². The van der Waals surface area contributed by atoms with Crippen LogP contribution in [0.25, 0.3) is 0 Å². The second-order valence-electron chi connectivity index (χ2n) is 6.44. The Morgan fingerprint density at radius 2 is 1.71 bits per heavy atom. The minimum absolute atomic E-state index is 0. The first-order valence-electron chi connectivity index (χ1n) is 9.20. The number of hydrogen-bond donors (Lipinski definition) is 1. The first-order valence-corrected chi connectivity index (χ1v) is 9.20. The number of guanidine groups is 1. The summed E-state index contributed by atoms with van der Waals surface area (Å²) in [6.45, 7) is 5.27. The van der Waals surface area contributed by atoms with Gasteiger partial charge in [0.15, 0.2) is 5.96 Å². The number of rotatable bonds is 5. The molecule has 1 saturated heterocycles. The number of hydrogen-bond acceptors (Lipinski definition) is 4. The van der Waals surface area contributed by atoms with E-state index in [1.807, 2.05) is 30.3 Å². The van der Waals surface area contributed by atoms with Gasteiger partial charge in [0.2, 0.25) is 5.91 Å². The van der Waals surface area contributed by atoms with Crippen LogP contribution in [-0.2, 0) is 16.1 Å². The van der Waals surface area contributed by atoms with Crippen molar-refractivity contribution in [1.82, 2.24) is 20.0 Å². The Morgan fingerprint density at radius 1 is 1.11 bits per heavy atom. The van der Waals surface area contributed by atoms with Crippen LogP contribution in [0.3, 0.4) is 0 Å². The van der Waals surface area contributed by atoms with Crippen LogP contribution in [-0.4, -0.2) is 86.1 Å². The monoisotopic (exact) mass is 503 g/mol. The van der Waals surface area contributed by atoms with Crippen molar-refractivity contribution in [3.63, 3.8) is 0 Å². The van der Waals surface area contributed by atoms with Crippen molar-refractivity contribution in [1.29, 1.82) is 0 Å². The zero-order valence-corrected chi connectivity index (χ0v) is 19.1. The Labute approximate surface area is 183 Å². The number of amides is 2. The smallest absolute Gasteiger partial charge is 0.409 e. The van der Waals surface area contributed by atoms with Crippen LogP contribution in [0, 0.1) is 0 Å². The third kappa shape index (κ3) is 7.53. The van der Waals surface area contributed by atoms with Crippen LogP contribution in [0.5, 0.6) is 0 Å². The molecule has 0 bridgehead atoms. The van der Waals surface area contributed by atoms with E-state index < -0.39 is 0 Å². The Balaban J connectivity index is 0.00000392. The Bertz CT molecular complexity index is 646. The first-order chi connectivity index (χ1) is 13.0. The molecule has 0 spiro atoms. The van der Waals surface area contributed by atoms with E-state index >= 15 is 0 Å². The van der Waals surface area contributed by atoms with E-state index in [4.69, 9.17) is 4.74 Å². The quantitative estimate of drug-likeness (QED) is 0.376. The van der Waals surface area contributed by atoms with Crippen LogP contribution in [0.15, 0.2) is 35.3 Å². The molecule has 2 amide bonds. The van der Waals surface area contributed by atoms with E-state index in [0.717, 1.165) is 5.56 Å². The number of ether oxygens (including phenoxy) is 1. The molecule has 0 unspecified atom stereocenters. The SMILES string of the molecule is CCOC(=O)N1CCN(C(=NCc2ccccc2)NCC(=O)N(C)C)CC1.I. The van der Waals surface area contributed by atoms with Gasteiger partial charge in [-0.1, -0.05) is 30.3 Å². The summed E-state index contributed by atoms with van der Waals surface area (Å²) in [5.74, 6) is 0.658. The third-order valence-corrected chi connectivity index (χ3v) is 4.26. The maximum Gasteiger partial charge on any atom is 0.409 e. The summed E-state index contributed by atoms with van der Waals surface area (Å²) in [5.41, 5.74) is 1.10. The number of nitrogens with zero attached hydrogens (tertiary/aromatic N) is 4. The number of nitrogens with one attached hydrogen (secondary N) is 1. The molecule has 0 saturated carbocycles. The van der Waals surface area contributed by atoms with Crippen molar-refractivity contribution in [2.75, 3.05) is 53.4 Å². The molecule has 1 aromatic rings. The molecule has 1 N–H and O–H groups in total. The largest absolute Gasteiger partial charge is 0.450 e. The zero-order chi connectivity index (χ0) is 19.6. The van der Waals surface area contributed by atoms with Gasteiger partial charge in [0.05, 0.1) is 19.7 Å². The van der Waals surface area contributed by atoms with Gasteiger partial charge in [0.25, 0.3) is 0 Å². The molecule has 1 heterocycles. The molecule has 0 atom stereocenters. The van der Waals surface area contributed by atoms with Gasteiger partial charge in [-0.15, -0.1) is 24.0 Å². The predicted molar refractivity (Wildman–Crippen MR) is 120 cm³/mol. The van der Waals surface area contributed by atoms with Crippen molar-refractivity contribution >= 4 is 41.9 Å². The topological polar surface area (TPSA) is 77.5 Å². The molecular weight excluding hydrogens is 473 g/mol. The Hall–Kier alpha value is -2.04. The third-order valence-electron chi connectivity index (χ3n) is 4.26. The molecular formula is C19H30IN5O3. The second-order valence-corrected chi connectivity index (χ2v) is 6.44. The number of piperazine rings is 1. The fourth-order valence-corrected chi connectivity index (χ4v) is 2.65. The highest BCUT2D eigenvalue weighted by Crippen LogP contribution is 2.06.